The first kappa shape index (κ1) is 21.8. The van der Waals surface area contributed by atoms with Crippen molar-refractivity contribution in [2.75, 3.05) is 18.4 Å². The number of hydrogen-bond donors (Lipinski definition) is 2. The van der Waals surface area contributed by atoms with Crippen molar-refractivity contribution in [3.8, 4) is 0 Å². The van der Waals surface area contributed by atoms with Gasteiger partial charge in [0.15, 0.2) is 0 Å². The summed E-state index contributed by atoms with van der Waals surface area (Å²) >= 11 is 0. The van der Waals surface area contributed by atoms with Crippen LogP contribution < -0.4 is 10.6 Å². The molecule has 0 saturated heterocycles. The summed E-state index contributed by atoms with van der Waals surface area (Å²) in [4.78, 5) is 27.6. The lowest BCUT2D eigenvalue weighted by Gasteiger charge is -2.36. The van der Waals surface area contributed by atoms with E-state index in [0.717, 1.165) is 36.3 Å². The molecule has 6 nitrogen and oxygen atoms in total. The number of aryl methyl sites for hydroxylation is 3. The highest BCUT2D eigenvalue weighted by Crippen LogP contribution is 2.27. The Hall–Kier alpha value is -3.38. The summed E-state index contributed by atoms with van der Waals surface area (Å²) in [5, 5.41) is 5.61. The van der Waals surface area contributed by atoms with Gasteiger partial charge in [0.1, 0.15) is 0 Å². The lowest BCUT2D eigenvalue weighted by atomic mass is 9.98. The molecule has 0 unspecified atom stereocenters. The summed E-state index contributed by atoms with van der Waals surface area (Å²) in [5.74, 6) is -1.27. The third kappa shape index (κ3) is 4.75. The second-order valence-corrected chi connectivity index (χ2v) is 8.53. The highest BCUT2D eigenvalue weighted by molar-refractivity contribution is 6.39. The van der Waals surface area contributed by atoms with Crippen LogP contribution in [0.2, 0.25) is 0 Å². The maximum Gasteiger partial charge on any atom is 0.313 e. The fourth-order valence-electron chi connectivity index (χ4n) is 4.34. The summed E-state index contributed by atoms with van der Waals surface area (Å²) in [5.41, 5.74) is 6.42. The third-order valence-electron chi connectivity index (χ3n) is 6.23. The van der Waals surface area contributed by atoms with E-state index in [9.17, 15) is 9.59 Å². The topological polar surface area (TPSA) is 66.4 Å². The molecule has 3 aromatic rings. The maximum atomic E-state index is 12.6. The van der Waals surface area contributed by atoms with E-state index in [0.29, 0.717) is 12.2 Å². The molecule has 6 heteroatoms. The first-order chi connectivity index (χ1) is 15.4. The Morgan fingerprint density at radius 1 is 1.00 bits per heavy atom. The second-order valence-electron chi connectivity index (χ2n) is 8.53. The quantitative estimate of drug-likeness (QED) is 0.609. The normalized spacial score (nSPS) is 14.5. The predicted octanol–water partition coefficient (Wildman–Crippen LogP) is 3.50. The van der Waals surface area contributed by atoms with E-state index in [1.807, 2.05) is 51.4 Å². The fraction of sp³-hybridized carbons (Fsp3) is 0.308. The van der Waals surface area contributed by atoms with Crippen molar-refractivity contribution in [1.29, 1.82) is 0 Å². The van der Waals surface area contributed by atoms with Crippen LogP contribution in [0.5, 0.6) is 0 Å². The molecule has 0 aliphatic carbocycles. The molecule has 2 amide bonds. The molecular formula is C26H30N4O2. The SMILES string of the molecule is Cc1ccc(C)c(NC(=O)C(=O)NC[C@H](c2cccn2C)N2CCc3ccccc3C2)c1. The van der Waals surface area contributed by atoms with Gasteiger partial charge < -0.3 is 15.2 Å². The number of benzene rings is 2. The number of nitrogens with one attached hydrogen (secondary N) is 2. The number of nitrogens with zero attached hydrogens (tertiary/aromatic N) is 2. The average Bonchev–Trinajstić information content (AvgIpc) is 3.21. The van der Waals surface area contributed by atoms with Gasteiger partial charge in [-0.05, 0) is 60.7 Å². The third-order valence-corrected chi connectivity index (χ3v) is 6.23. The first-order valence-corrected chi connectivity index (χ1v) is 11.0. The van der Waals surface area contributed by atoms with Gasteiger partial charge in [-0.25, -0.2) is 0 Å². The Morgan fingerprint density at radius 3 is 2.53 bits per heavy atom. The Morgan fingerprint density at radius 2 is 1.78 bits per heavy atom. The van der Waals surface area contributed by atoms with Crippen LogP contribution in [-0.4, -0.2) is 34.4 Å². The van der Waals surface area contributed by atoms with Gasteiger partial charge in [0.25, 0.3) is 0 Å². The molecule has 0 saturated carbocycles. The van der Waals surface area contributed by atoms with Gasteiger partial charge in [0, 0.05) is 44.3 Å². The molecule has 4 rings (SSSR count). The van der Waals surface area contributed by atoms with Gasteiger partial charge in [0.05, 0.1) is 6.04 Å². The number of fused-ring (bicyclic) bond motifs is 1. The van der Waals surface area contributed by atoms with Crippen molar-refractivity contribution in [1.82, 2.24) is 14.8 Å². The van der Waals surface area contributed by atoms with E-state index in [1.165, 1.54) is 11.1 Å². The number of carbonyl (C=O) groups excluding carboxylic acids is 2. The van der Waals surface area contributed by atoms with Crippen molar-refractivity contribution in [3.05, 3.63) is 88.7 Å². The number of rotatable bonds is 5. The van der Waals surface area contributed by atoms with Crippen molar-refractivity contribution in [3.63, 3.8) is 0 Å². The highest BCUT2D eigenvalue weighted by atomic mass is 16.2. The van der Waals surface area contributed by atoms with Crippen LogP contribution in [0.3, 0.4) is 0 Å². The molecule has 1 aliphatic heterocycles. The van der Waals surface area contributed by atoms with Crippen LogP contribution >= 0.6 is 0 Å². The van der Waals surface area contributed by atoms with E-state index in [2.05, 4.69) is 50.4 Å². The zero-order chi connectivity index (χ0) is 22.7. The zero-order valence-electron chi connectivity index (χ0n) is 18.9. The summed E-state index contributed by atoms with van der Waals surface area (Å²) in [6.07, 6.45) is 2.98. The molecular weight excluding hydrogens is 400 g/mol. The molecule has 0 radical (unpaired) electrons. The monoisotopic (exact) mass is 430 g/mol. The van der Waals surface area contributed by atoms with Crippen LogP contribution in [0.25, 0.3) is 0 Å². The molecule has 1 atom stereocenters. The molecule has 1 aliphatic rings. The first-order valence-electron chi connectivity index (χ1n) is 11.0. The number of hydrogen-bond acceptors (Lipinski definition) is 3. The van der Waals surface area contributed by atoms with E-state index < -0.39 is 11.8 Å². The van der Waals surface area contributed by atoms with Gasteiger partial charge in [-0.1, -0.05) is 36.4 Å². The van der Waals surface area contributed by atoms with E-state index in [1.54, 1.807) is 0 Å². The zero-order valence-corrected chi connectivity index (χ0v) is 18.9. The van der Waals surface area contributed by atoms with Crippen LogP contribution in [0.1, 0.15) is 34.0 Å². The summed E-state index contributed by atoms with van der Waals surface area (Å²) in [7, 11) is 2.01. The number of anilines is 1. The van der Waals surface area contributed by atoms with E-state index in [4.69, 9.17) is 0 Å². The average molecular weight is 431 g/mol. The minimum Gasteiger partial charge on any atom is -0.353 e. The highest BCUT2D eigenvalue weighted by Gasteiger charge is 2.27. The second kappa shape index (κ2) is 9.40. The lowest BCUT2D eigenvalue weighted by molar-refractivity contribution is -0.136. The molecule has 32 heavy (non-hydrogen) atoms. The van der Waals surface area contributed by atoms with Crippen molar-refractivity contribution < 1.29 is 9.59 Å². The fourth-order valence-corrected chi connectivity index (χ4v) is 4.34. The molecule has 1 aromatic heterocycles. The number of carbonyl (C=O) groups is 2. The number of amides is 2. The summed E-state index contributed by atoms with van der Waals surface area (Å²) in [6.45, 7) is 5.94. The molecule has 2 aromatic carbocycles. The Kier molecular flexibility index (Phi) is 6.42. The van der Waals surface area contributed by atoms with Crippen molar-refractivity contribution in [2.45, 2.75) is 32.9 Å². The van der Waals surface area contributed by atoms with Gasteiger partial charge in [-0.2, -0.15) is 0 Å². The van der Waals surface area contributed by atoms with Crippen LogP contribution in [0.15, 0.2) is 60.8 Å². The van der Waals surface area contributed by atoms with Gasteiger partial charge in [-0.3, -0.25) is 14.5 Å². The van der Waals surface area contributed by atoms with Crippen molar-refractivity contribution in [2.24, 2.45) is 7.05 Å². The lowest BCUT2D eigenvalue weighted by Crippen LogP contribution is -2.44. The van der Waals surface area contributed by atoms with Crippen LogP contribution in [0.4, 0.5) is 5.69 Å². The van der Waals surface area contributed by atoms with Crippen molar-refractivity contribution >= 4 is 17.5 Å². The minimum atomic E-state index is -0.645. The number of aromatic nitrogens is 1. The molecule has 0 bridgehead atoms. The van der Waals surface area contributed by atoms with Gasteiger partial charge in [-0.15, -0.1) is 0 Å². The molecule has 0 fully saturated rings. The Balaban J connectivity index is 1.46. The molecule has 2 heterocycles. The Bertz CT molecular complexity index is 1130. The van der Waals surface area contributed by atoms with E-state index in [-0.39, 0.29) is 6.04 Å². The van der Waals surface area contributed by atoms with Crippen LogP contribution in [0, 0.1) is 13.8 Å². The van der Waals surface area contributed by atoms with Gasteiger partial charge >= 0.3 is 11.8 Å². The molecule has 0 spiro atoms. The predicted molar refractivity (Wildman–Crippen MR) is 126 cm³/mol. The minimum absolute atomic E-state index is 0.0270. The molecule has 166 valence electrons. The summed E-state index contributed by atoms with van der Waals surface area (Å²) in [6, 6.07) is 18.3. The maximum absolute atomic E-state index is 12.6. The molecule has 2 N–H and O–H groups in total. The summed E-state index contributed by atoms with van der Waals surface area (Å²) < 4.78 is 2.08. The van der Waals surface area contributed by atoms with Crippen LogP contribution in [-0.2, 0) is 29.6 Å². The van der Waals surface area contributed by atoms with Gasteiger partial charge in [0.2, 0.25) is 0 Å². The smallest absolute Gasteiger partial charge is 0.313 e. The largest absolute Gasteiger partial charge is 0.353 e. The standard InChI is InChI=1S/C26H30N4O2/c1-18-10-11-19(2)22(15-18)28-26(32)25(31)27-16-24(23-9-6-13-29(23)3)30-14-12-20-7-4-5-8-21(20)17-30/h4-11,13,15,24H,12,14,16-17H2,1-3H3,(H,27,31)(H,28,32)/t24-/m1/s1. The van der Waals surface area contributed by atoms with E-state index >= 15 is 0 Å². The Labute approximate surface area is 189 Å².